The van der Waals surface area contributed by atoms with Gasteiger partial charge < -0.3 is 14.0 Å². The molecule has 164 valence electrons. The van der Waals surface area contributed by atoms with E-state index in [1.54, 1.807) is 0 Å². The molecule has 3 aromatic carbocycles. The highest BCUT2D eigenvalue weighted by Gasteiger charge is 2.19. The lowest BCUT2D eigenvalue weighted by molar-refractivity contribution is -0.142. The molecule has 1 heterocycles. The summed E-state index contributed by atoms with van der Waals surface area (Å²) in [7, 11) is 1.33. The number of benzene rings is 3. The number of aryl methyl sites for hydroxylation is 1. The Balaban J connectivity index is 1.78. The van der Waals surface area contributed by atoms with Crippen LogP contribution in [0.2, 0.25) is 0 Å². The van der Waals surface area contributed by atoms with E-state index in [4.69, 9.17) is 4.74 Å². The lowest BCUT2D eigenvalue weighted by atomic mass is 9.97. The summed E-state index contributed by atoms with van der Waals surface area (Å²) in [4.78, 5) is 25.2. The average molecular weight is 430 g/mol. The summed E-state index contributed by atoms with van der Waals surface area (Å²) in [6.07, 6.45) is 5.26. The summed E-state index contributed by atoms with van der Waals surface area (Å²) in [6, 6.07) is 19.3. The predicted molar refractivity (Wildman–Crippen MR) is 126 cm³/mol. The minimum absolute atomic E-state index is 0.0221. The van der Waals surface area contributed by atoms with E-state index in [9.17, 15) is 9.59 Å². The highest BCUT2D eigenvalue weighted by atomic mass is 16.6. The van der Waals surface area contributed by atoms with E-state index in [2.05, 4.69) is 16.2 Å². The predicted octanol–water partition coefficient (Wildman–Crippen LogP) is 5.77. The molecule has 0 aliphatic heterocycles. The standard InChI is InChI=1S/C27H27NO4/c1-3-4-7-15-28-17-24(23-16-20(13-14-25(23)28)32-18-26(29)31-2)27(30)22-12-8-10-19-9-5-6-11-21(19)22/h5-6,8-14,16-17H,3-4,7,15,18H2,1-2H3. The van der Waals surface area contributed by atoms with Gasteiger partial charge in [-0.3, -0.25) is 4.79 Å². The minimum Gasteiger partial charge on any atom is -0.482 e. The third-order valence-corrected chi connectivity index (χ3v) is 5.72. The lowest BCUT2D eigenvalue weighted by Gasteiger charge is -2.07. The molecule has 0 saturated heterocycles. The molecule has 32 heavy (non-hydrogen) atoms. The number of aromatic nitrogens is 1. The number of fused-ring (bicyclic) bond motifs is 2. The van der Waals surface area contributed by atoms with Gasteiger partial charge in [0.1, 0.15) is 5.75 Å². The minimum atomic E-state index is -0.450. The second-order valence-electron chi connectivity index (χ2n) is 7.84. The Hall–Kier alpha value is -3.60. The van der Waals surface area contributed by atoms with Crippen LogP contribution in [-0.4, -0.2) is 30.0 Å². The van der Waals surface area contributed by atoms with Crippen molar-refractivity contribution in [1.29, 1.82) is 0 Å². The molecule has 0 radical (unpaired) electrons. The van der Waals surface area contributed by atoms with Crippen molar-refractivity contribution in [3.8, 4) is 5.75 Å². The van der Waals surface area contributed by atoms with Crippen LogP contribution in [-0.2, 0) is 16.1 Å². The van der Waals surface area contributed by atoms with Crippen molar-refractivity contribution in [2.75, 3.05) is 13.7 Å². The van der Waals surface area contributed by atoms with Crippen LogP contribution in [0.3, 0.4) is 0 Å². The van der Waals surface area contributed by atoms with Crippen molar-refractivity contribution in [2.45, 2.75) is 32.7 Å². The number of ether oxygens (including phenoxy) is 2. The maximum absolute atomic E-state index is 13.7. The molecule has 0 fully saturated rings. The summed E-state index contributed by atoms with van der Waals surface area (Å²) < 4.78 is 12.4. The molecular formula is C27H27NO4. The van der Waals surface area contributed by atoms with E-state index in [-0.39, 0.29) is 12.4 Å². The second-order valence-corrected chi connectivity index (χ2v) is 7.84. The number of carbonyl (C=O) groups excluding carboxylic acids is 2. The maximum atomic E-state index is 13.7. The Morgan fingerprint density at radius 1 is 0.906 bits per heavy atom. The number of hydrogen-bond donors (Lipinski definition) is 0. The first-order chi connectivity index (χ1) is 15.6. The van der Waals surface area contributed by atoms with E-state index < -0.39 is 5.97 Å². The van der Waals surface area contributed by atoms with Crippen LogP contribution < -0.4 is 4.74 Å². The number of nitrogens with zero attached hydrogens (tertiary/aromatic N) is 1. The first kappa shape index (κ1) is 21.6. The topological polar surface area (TPSA) is 57.5 Å². The normalized spacial score (nSPS) is 11.1. The number of unbranched alkanes of at least 4 members (excludes halogenated alkanes) is 2. The molecule has 0 bridgehead atoms. The summed E-state index contributed by atoms with van der Waals surface area (Å²) in [5.41, 5.74) is 2.29. The van der Waals surface area contributed by atoms with Crippen LogP contribution in [0, 0.1) is 0 Å². The summed E-state index contributed by atoms with van der Waals surface area (Å²) >= 11 is 0. The van der Waals surface area contributed by atoms with Gasteiger partial charge in [0.15, 0.2) is 12.4 Å². The van der Waals surface area contributed by atoms with Crippen LogP contribution in [0.15, 0.2) is 66.9 Å². The molecule has 1 aromatic heterocycles. The first-order valence-electron chi connectivity index (χ1n) is 11.0. The monoisotopic (exact) mass is 429 g/mol. The van der Waals surface area contributed by atoms with Gasteiger partial charge in [-0.1, -0.05) is 62.2 Å². The number of rotatable bonds is 9. The number of hydrogen-bond acceptors (Lipinski definition) is 4. The lowest BCUT2D eigenvalue weighted by Crippen LogP contribution is -2.12. The van der Waals surface area contributed by atoms with Gasteiger partial charge in [-0.15, -0.1) is 0 Å². The fraction of sp³-hybridized carbons (Fsp3) is 0.259. The Kier molecular flexibility index (Phi) is 6.55. The molecule has 0 atom stereocenters. The third-order valence-electron chi connectivity index (χ3n) is 5.72. The van der Waals surface area contributed by atoms with Gasteiger partial charge in [0.05, 0.1) is 7.11 Å². The zero-order chi connectivity index (χ0) is 22.5. The van der Waals surface area contributed by atoms with Crippen LogP contribution in [0.1, 0.15) is 42.1 Å². The molecule has 0 aliphatic carbocycles. The summed E-state index contributed by atoms with van der Waals surface area (Å²) in [5.74, 6) is 0.0571. The number of methoxy groups -OCH3 is 1. The SMILES string of the molecule is CCCCCn1cc(C(=O)c2cccc3ccccc23)c2cc(OCC(=O)OC)ccc21. The molecule has 4 aromatic rings. The molecule has 5 heteroatoms. The highest BCUT2D eigenvalue weighted by molar-refractivity contribution is 6.21. The largest absolute Gasteiger partial charge is 0.482 e. The molecule has 0 unspecified atom stereocenters. The Morgan fingerprint density at radius 2 is 1.72 bits per heavy atom. The number of ketones is 1. The molecule has 5 nitrogen and oxygen atoms in total. The molecule has 0 amide bonds. The molecule has 0 saturated carbocycles. The Labute approximate surface area is 187 Å². The van der Waals surface area contributed by atoms with E-state index >= 15 is 0 Å². The first-order valence-corrected chi connectivity index (χ1v) is 11.0. The molecule has 4 rings (SSSR count). The average Bonchev–Trinajstić information content (AvgIpc) is 3.19. The quantitative estimate of drug-likeness (QED) is 0.193. The summed E-state index contributed by atoms with van der Waals surface area (Å²) in [5, 5.41) is 2.79. The number of carbonyl (C=O) groups is 2. The van der Waals surface area contributed by atoms with Crippen molar-refractivity contribution in [3.63, 3.8) is 0 Å². The van der Waals surface area contributed by atoms with Crippen molar-refractivity contribution in [3.05, 3.63) is 78.0 Å². The van der Waals surface area contributed by atoms with Crippen molar-refractivity contribution in [2.24, 2.45) is 0 Å². The zero-order valence-corrected chi connectivity index (χ0v) is 18.5. The highest BCUT2D eigenvalue weighted by Crippen LogP contribution is 2.30. The Bertz CT molecular complexity index is 1270. The van der Waals surface area contributed by atoms with Gasteiger partial charge in [-0.25, -0.2) is 4.79 Å². The third kappa shape index (κ3) is 4.37. The van der Waals surface area contributed by atoms with Gasteiger partial charge in [0.25, 0.3) is 0 Å². The molecular weight excluding hydrogens is 402 g/mol. The van der Waals surface area contributed by atoms with Crippen LogP contribution in [0.25, 0.3) is 21.7 Å². The summed E-state index contributed by atoms with van der Waals surface area (Å²) in [6.45, 7) is 2.84. The maximum Gasteiger partial charge on any atom is 0.343 e. The second kappa shape index (κ2) is 9.69. The fourth-order valence-electron chi connectivity index (χ4n) is 4.03. The van der Waals surface area contributed by atoms with E-state index in [0.717, 1.165) is 47.5 Å². The van der Waals surface area contributed by atoms with Gasteiger partial charge in [-0.05, 0) is 35.4 Å². The van der Waals surface area contributed by atoms with Crippen molar-refractivity contribution >= 4 is 33.4 Å². The van der Waals surface area contributed by atoms with E-state index in [1.165, 1.54) is 7.11 Å². The van der Waals surface area contributed by atoms with Crippen molar-refractivity contribution < 1.29 is 19.1 Å². The molecule has 0 aliphatic rings. The Morgan fingerprint density at radius 3 is 2.53 bits per heavy atom. The zero-order valence-electron chi connectivity index (χ0n) is 18.5. The van der Waals surface area contributed by atoms with Gasteiger partial charge in [0.2, 0.25) is 0 Å². The van der Waals surface area contributed by atoms with Crippen molar-refractivity contribution in [1.82, 2.24) is 4.57 Å². The molecule has 0 spiro atoms. The smallest absolute Gasteiger partial charge is 0.343 e. The van der Waals surface area contributed by atoms with Gasteiger partial charge in [-0.2, -0.15) is 0 Å². The number of esters is 1. The van der Waals surface area contributed by atoms with E-state index in [1.807, 2.05) is 66.9 Å². The van der Waals surface area contributed by atoms with E-state index in [0.29, 0.717) is 16.9 Å². The van der Waals surface area contributed by atoms with Gasteiger partial charge in [0, 0.05) is 34.8 Å². The van der Waals surface area contributed by atoms with Crippen LogP contribution >= 0.6 is 0 Å². The van der Waals surface area contributed by atoms with Gasteiger partial charge >= 0.3 is 5.97 Å². The van der Waals surface area contributed by atoms with Crippen LogP contribution in [0.4, 0.5) is 0 Å². The molecule has 0 N–H and O–H groups in total. The fourth-order valence-corrected chi connectivity index (χ4v) is 4.03. The van der Waals surface area contributed by atoms with Crippen LogP contribution in [0.5, 0.6) is 5.75 Å².